The smallest absolute Gasteiger partial charge is 0.131 e. The maximum absolute atomic E-state index is 13.5. The zero-order valence-electron chi connectivity index (χ0n) is 12.6. The largest absolute Gasteiger partial charge is 0.387 e. The van der Waals surface area contributed by atoms with Crippen molar-refractivity contribution in [3.63, 3.8) is 0 Å². The average molecular weight is 297 g/mol. The fraction of sp³-hybridized carbons (Fsp3) is 0.647. The first-order chi connectivity index (χ1) is 10.1. The van der Waals surface area contributed by atoms with Crippen molar-refractivity contribution >= 4 is 0 Å². The molecule has 0 aromatic heterocycles. The Bertz CT molecular complexity index is 424. The Morgan fingerprint density at radius 3 is 2.29 bits per heavy atom. The molecular weight excluding hydrogens is 272 g/mol. The number of nitrogens with one attached hydrogen (secondary N) is 1. The Labute approximate surface area is 125 Å². The van der Waals surface area contributed by atoms with Gasteiger partial charge >= 0.3 is 0 Å². The summed E-state index contributed by atoms with van der Waals surface area (Å²) in [5.41, 5.74) is -0.236. The minimum absolute atomic E-state index is 0.186. The second kappa shape index (κ2) is 7.85. The molecule has 4 heteroatoms. The summed E-state index contributed by atoms with van der Waals surface area (Å²) in [6, 6.07) is 3.65. The Kier molecular flexibility index (Phi) is 6.12. The standard InChI is InChI=1S/C17H25F2NO/c1-2-12-6-8-13(9-7-12)10-20-11-16(21)17-14(18)4-3-5-15(17)19/h3-5,12-13,16,20-21H,2,6-11H2,1H3. The highest BCUT2D eigenvalue weighted by Crippen LogP contribution is 2.30. The SMILES string of the molecule is CCC1CCC(CNCC(O)c2c(F)cccc2F)CC1. The van der Waals surface area contributed by atoms with E-state index in [1.54, 1.807) is 0 Å². The van der Waals surface area contributed by atoms with Crippen molar-refractivity contribution in [2.75, 3.05) is 13.1 Å². The fourth-order valence-corrected chi connectivity index (χ4v) is 3.20. The van der Waals surface area contributed by atoms with Gasteiger partial charge in [-0.1, -0.05) is 32.3 Å². The number of rotatable bonds is 6. The second-order valence-corrected chi connectivity index (χ2v) is 6.10. The third-order valence-corrected chi connectivity index (χ3v) is 4.65. The van der Waals surface area contributed by atoms with Gasteiger partial charge in [0.05, 0.1) is 11.7 Å². The topological polar surface area (TPSA) is 32.3 Å². The molecule has 2 N–H and O–H groups in total. The third-order valence-electron chi connectivity index (χ3n) is 4.65. The third kappa shape index (κ3) is 4.48. The van der Waals surface area contributed by atoms with Crippen LogP contribution in [0, 0.1) is 23.5 Å². The summed E-state index contributed by atoms with van der Waals surface area (Å²) in [6.45, 7) is 3.23. The highest BCUT2D eigenvalue weighted by molar-refractivity contribution is 5.22. The molecule has 2 nitrogen and oxygen atoms in total. The first kappa shape index (κ1) is 16.4. The van der Waals surface area contributed by atoms with Crippen molar-refractivity contribution in [1.82, 2.24) is 5.32 Å². The van der Waals surface area contributed by atoms with Crippen LogP contribution in [0.4, 0.5) is 8.78 Å². The van der Waals surface area contributed by atoms with Gasteiger partial charge in [0.2, 0.25) is 0 Å². The quantitative estimate of drug-likeness (QED) is 0.837. The zero-order chi connectivity index (χ0) is 15.2. The van der Waals surface area contributed by atoms with E-state index in [1.807, 2.05) is 0 Å². The van der Waals surface area contributed by atoms with Crippen molar-refractivity contribution in [3.8, 4) is 0 Å². The zero-order valence-corrected chi connectivity index (χ0v) is 12.6. The molecule has 0 bridgehead atoms. The molecule has 1 aromatic carbocycles. The van der Waals surface area contributed by atoms with E-state index in [9.17, 15) is 13.9 Å². The number of aliphatic hydroxyl groups excluding tert-OH is 1. The van der Waals surface area contributed by atoms with Crippen LogP contribution in [0.3, 0.4) is 0 Å². The van der Waals surface area contributed by atoms with E-state index >= 15 is 0 Å². The van der Waals surface area contributed by atoms with Crippen LogP contribution in [0.25, 0.3) is 0 Å². The van der Waals surface area contributed by atoms with E-state index in [1.165, 1.54) is 50.3 Å². The van der Waals surface area contributed by atoms with Crippen molar-refractivity contribution in [2.24, 2.45) is 11.8 Å². The van der Waals surface area contributed by atoms with Crippen molar-refractivity contribution in [3.05, 3.63) is 35.4 Å². The maximum Gasteiger partial charge on any atom is 0.131 e. The van der Waals surface area contributed by atoms with E-state index < -0.39 is 17.7 Å². The summed E-state index contributed by atoms with van der Waals surface area (Å²) in [5.74, 6) is 0.102. The average Bonchev–Trinajstić information content (AvgIpc) is 2.48. The van der Waals surface area contributed by atoms with Gasteiger partial charge in [-0.05, 0) is 43.4 Å². The number of aliphatic hydroxyl groups is 1. The van der Waals surface area contributed by atoms with E-state index in [0.29, 0.717) is 5.92 Å². The molecule has 1 fully saturated rings. The molecule has 21 heavy (non-hydrogen) atoms. The van der Waals surface area contributed by atoms with Gasteiger partial charge in [-0.3, -0.25) is 0 Å². The summed E-state index contributed by atoms with van der Waals surface area (Å²) in [5, 5.41) is 13.1. The van der Waals surface area contributed by atoms with E-state index in [-0.39, 0.29) is 12.1 Å². The van der Waals surface area contributed by atoms with Gasteiger partial charge in [-0.2, -0.15) is 0 Å². The summed E-state index contributed by atoms with van der Waals surface area (Å²) in [6.07, 6.45) is 5.07. The predicted molar refractivity (Wildman–Crippen MR) is 79.9 cm³/mol. The van der Waals surface area contributed by atoms with Crippen LogP contribution in [0.5, 0.6) is 0 Å². The maximum atomic E-state index is 13.5. The molecule has 1 aliphatic carbocycles. The number of hydrogen-bond acceptors (Lipinski definition) is 2. The van der Waals surface area contributed by atoms with Crippen LogP contribution >= 0.6 is 0 Å². The second-order valence-electron chi connectivity index (χ2n) is 6.10. The van der Waals surface area contributed by atoms with Gasteiger partial charge in [0.1, 0.15) is 11.6 Å². The number of hydrogen-bond donors (Lipinski definition) is 2. The molecule has 0 heterocycles. The molecule has 1 aromatic rings. The van der Waals surface area contributed by atoms with Crippen LogP contribution in [-0.2, 0) is 0 Å². The predicted octanol–water partition coefficient (Wildman–Crippen LogP) is 3.80. The lowest BCUT2D eigenvalue weighted by atomic mass is 9.81. The molecule has 1 unspecified atom stereocenters. The normalized spacial score (nSPS) is 24.0. The van der Waals surface area contributed by atoms with E-state index in [0.717, 1.165) is 12.5 Å². The van der Waals surface area contributed by atoms with Crippen molar-refractivity contribution in [2.45, 2.75) is 45.1 Å². The molecule has 0 radical (unpaired) electrons. The monoisotopic (exact) mass is 297 g/mol. The van der Waals surface area contributed by atoms with Crippen LogP contribution in [0.15, 0.2) is 18.2 Å². The Hall–Kier alpha value is -1.00. The molecular formula is C17H25F2NO. The number of halogens is 2. The Balaban J connectivity index is 1.76. The minimum Gasteiger partial charge on any atom is -0.387 e. The molecule has 1 atom stereocenters. The van der Waals surface area contributed by atoms with Crippen LogP contribution in [0.2, 0.25) is 0 Å². The van der Waals surface area contributed by atoms with Gasteiger partial charge in [0, 0.05) is 6.54 Å². The van der Waals surface area contributed by atoms with Crippen LogP contribution < -0.4 is 5.32 Å². The van der Waals surface area contributed by atoms with Gasteiger partial charge < -0.3 is 10.4 Å². The Morgan fingerprint density at radius 1 is 1.14 bits per heavy atom. The molecule has 2 rings (SSSR count). The molecule has 0 saturated heterocycles. The summed E-state index contributed by atoms with van der Waals surface area (Å²) in [4.78, 5) is 0. The number of benzene rings is 1. The van der Waals surface area contributed by atoms with Gasteiger partial charge in [0.25, 0.3) is 0 Å². The fourth-order valence-electron chi connectivity index (χ4n) is 3.20. The summed E-state index contributed by atoms with van der Waals surface area (Å²) >= 11 is 0. The molecule has 1 saturated carbocycles. The van der Waals surface area contributed by atoms with Gasteiger partial charge in [-0.25, -0.2) is 8.78 Å². The van der Waals surface area contributed by atoms with Crippen molar-refractivity contribution < 1.29 is 13.9 Å². The van der Waals surface area contributed by atoms with Gasteiger partial charge in [-0.15, -0.1) is 0 Å². The summed E-state index contributed by atoms with van der Waals surface area (Å²) in [7, 11) is 0. The molecule has 0 aliphatic heterocycles. The molecule has 0 amide bonds. The molecule has 118 valence electrons. The van der Waals surface area contributed by atoms with E-state index in [4.69, 9.17) is 0 Å². The van der Waals surface area contributed by atoms with E-state index in [2.05, 4.69) is 12.2 Å². The lowest BCUT2D eigenvalue weighted by molar-refractivity contribution is 0.160. The summed E-state index contributed by atoms with van der Waals surface area (Å²) < 4.78 is 27.1. The first-order valence-electron chi connectivity index (χ1n) is 7.94. The molecule has 0 spiro atoms. The van der Waals surface area contributed by atoms with Gasteiger partial charge in [0.15, 0.2) is 0 Å². The lowest BCUT2D eigenvalue weighted by Gasteiger charge is -2.28. The first-order valence-corrected chi connectivity index (χ1v) is 7.94. The highest BCUT2D eigenvalue weighted by Gasteiger charge is 2.21. The minimum atomic E-state index is -1.14. The van der Waals surface area contributed by atoms with Crippen LogP contribution in [-0.4, -0.2) is 18.2 Å². The lowest BCUT2D eigenvalue weighted by Crippen LogP contribution is -2.30. The van der Waals surface area contributed by atoms with Crippen molar-refractivity contribution in [1.29, 1.82) is 0 Å². The van der Waals surface area contributed by atoms with Crippen LogP contribution in [0.1, 0.15) is 50.7 Å². The molecule has 1 aliphatic rings. The Morgan fingerprint density at radius 2 is 1.71 bits per heavy atom. The highest BCUT2D eigenvalue weighted by atomic mass is 19.1.